The van der Waals surface area contributed by atoms with Gasteiger partial charge < -0.3 is 14.4 Å². The largest absolute Gasteiger partial charge is 0.495 e. The fourth-order valence-electron chi connectivity index (χ4n) is 3.09. The van der Waals surface area contributed by atoms with Gasteiger partial charge in [-0.25, -0.2) is 13.2 Å². The van der Waals surface area contributed by atoms with E-state index in [1.165, 1.54) is 42.3 Å². The average Bonchev–Trinajstić information content (AvgIpc) is 3.13. The lowest BCUT2D eigenvalue weighted by molar-refractivity contribution is -0.117. The number of esters is 1. The Bertz CT molecular complexity index is 1040. The maximum absolute atomic E-state index is 12.9. The lowest BCUT2D eigenvalue weighted by Gasteiger charge is -2.20. The van der Waals surface area contributed by atoms with Crippen LogP contribution in [0.1, 0.15) is 30.1 Å². The van der Waals surface area contributed by atoms with E-state index >= 15 is 0 Å². The minimum atomic E-state index is -3.96. The highest BCUT2D eigenvalue weighted by Crippen LogP contribution is 2.34. The highest BCUT2D eigenvalue weighted by atomic mass is 32.2. The molecule has 1 fully saturated rings. The molecule has 154 valence electrons. The summed E-state index contributed by atoms with van der Waals surface area (Å²) in [6.45, 7) is 2.42. The van der Waals surface area contributed by atoms with Crippen molar-refractivity contribution in [3.8, 4) is 5.75 Å². The molecule has 29 heavy (non-hydrogen) atoms. The summed E-state index contributed by atoms with van der Waals surface area (Å²) >= 11 is 0. The number of nitrogens with zero attached hydrogens (tertiary/aromatic N) is 1. The SMILES string of the molecule is CCOC(=O)c1cccc(NS(=O)(=O)c2ccc(OC)c(N3CCCC3=O)c2)c1. The summed E-state index contributed by atoms with van der Waals surface area (Å²) in [7, 11) is -2.49. The van der Waals surface area contributed by atoms with Crippen molar-refractivity contribution in [2.45, 2.75) is 24.7 Å². The highest BCUT2D eigenvalue weighted by Gasteiger charge is 2.26. The van der Waals surface area contributed by atoms with Gasteiger partial charge in [0.25, 0.3) is 10.0 Å². The second-order valence-electron chi connectivity index (χ2n) is 6.39. The van der Waals surface area contributed by atoms with Gasteiger partial charge in [-0.2, -0.15) is 0 Å². The zero-order chi connectivity index (χ0) is 21.0. The molecule has 0 aliphatic carbocycles. The van der Waals surface area contributed by atoms with Gasteiger partial charge in [0.2, 0.25) is 5.91 Å². The molecule has 0 bridgehead atoms. The molecule has 0 aromatic heterocycles. The monoisotopic (exact) mass is 418 g/mol. The van der Waals surface area contributed by atoms with E-state index in [1.807, 2.05) is 0 Å². The van der Waals surface area contributed by atoms with Gasteiger partial charge in [0.05, 0.1) is 29.9 Å². The molecule has 0 spiro atoms. The molecule has 2 aromatic carbocycles. The predicted molar refractivity (Wildman–Crippen MR) is 108 cm³/mol. The van der Waals surface area contributed by atoms with Gasteiger partial charge in [0.15, 0.2) is 0 Å². The molecule has 0 saturated carbocycles. The first kappa shape index (κ1) is 20.7. The number of sulfonamides is 1. The number of ether oxygens (including phenoxy) is 2. The molecular weight excluding hydrogens is 396 g/mol. The summed E-state index contributed by atoms with van der Waals surface area (Å²) in [5.41, 5.74) is 0.883. The second-order valence-corrected chi connectivity index (χ2v) is 8.07. The van der Waals surface area contributed by atoms with Crippen LogP contribution in [0.4, 0.5) is 11.4 Å². The number of nitrogens with one attached hydrogen (secondary N) is 1. The molecule has 1 saturated heterocycles. The van der Waals surface area contributed by atoms with Crippen LogP contribution in [0, 0.1) is 0 Å². The molecule has 1 heterocycles. The fourth-order valence-corrected chi connectivity index (χ4v) is 4.16. The topological polar surface area (TPSA) is 102 Å². The molecule has 1 aliphatic rings. The molecular formula is C20H22N2O6S. The van der Waals surface area contributed by atoms with Crippen LogP contribution >= 0.6 is 0 Å². The molecule has 3 rings (SSSR count). The van der Waals surface area contributed by atoms with Crippen molar-refractivity contribution in [2.24, 2.45) is 0 Å². The Morgan fingerprint density at radius 3 is 2.66 bits per heavy atom. The van der Waals surface area contributed by atoms with Crippen LogP contribution in [0.5, 0.6) is 5.75 Å². The normalized spacial score (nSPS) is 14.0. The van der Waals surface area contributed by atoms with Crippen molar-refractivity contribution < 1.29 is 27.5 Å². The summed E-state index contributed by atoms with van der Waals surface area (Å²) in [6, 6.07) is 10.4. The van der Waals surface area contributed by atoms with E-state index in [-0.39, 0.29) is 28.7 Å². The van der Waals surface area contributed by atoms with Crippen molar-refractivity contribution in [3.05, 3.63) is 48.0 Å². The summed E-state index contributed by atoms with van der Waals surface area (Å²) < 4.78 is 38.5. The van der Waals surface area contributed by atoms with Gasteiger partial charge in [-0.05, 0) is 49.7 Å². The number of carbonyl (C=O) groups excluding carboxylic acids is 2. The Kier molecular flexibility index (Phi) is 6.07. The van der Waals surface area contributed by atoms with Crippen LogP contribution < -0.4 is 14.4 Å². The number of hydrogen-bond acceptors (Lipinski definition) is 6. The van der Waals surface area contributed by atoms with Gasteiger partial charge >= 0.3 is 5.97 Å². The minimum absolute atomic E-state index is 0.0189. The van der Waals surface area contributed by atoms with Crippen molar-refractivity contribution in [3.63, 3.8) is 0 Å². The fraction of sp³-hybridized carbons (Fsp3) is 0.300. The maximum atomic E-state index is 12.9. The molecule has 2 aromatic rings. The van der Waals surface area contributed by atoms with Gasteiger partial charge in [-0.15, -0.1) is 0 Å². The lowest BCUT2D eigenvalue weighted by atomic mass is 10.2. The third kappa shape index (κ3) is 4.51. The standard InChI is InChI=1S/C20H22N2O6S/c1-3-28-20(24)14-6-4-7-15(12-14)21-29(25,26)16-9-10-18(27-2)17(13-16)22-11-5-8-19(22)23/h4,6-7,9-10,12-13,21H,3,5,8,11H2,1-2H3. The summed E-state index contributed by atoms with van der Waals surface area (Å²) in [5, 5.41) is 0. The van der Waals surface area contributed by atoms with Gasteiger partial charge in [-0.1, -0.05) is 6.07 Å². The molecule has 1 N–H and O–H groups in total. The first-order chi connectivity index (χ1) is 13.9. The van der Waals surface area contributed by atoms with E-state index in [4.69, 9.17) is 9.47 Å². The summed E-state index contributed by atoms with van der Waals surface area (Å²) in [5.74, 6) is -0.190. The number of amides is 1. The molecule has 0 unspecified atom stereocenters. The number of rotatable bonds is 7. The Balaban J connectivity index is 1.91. The van der Waals surface area contributed by atoms with Crippen LogP contribution in [-0.4, -0.2) is 40.6 Å². The maximum Gasteiger partial charge on any atom is 0.338 e. The van der Waals surface area contributed by atoms with Crippen LogP contribution in [0.3, 0.4) is 0 Å². The zero-order valence-electron chi connectivity index (χ0n) is 16.2. The predicted octanol–water partition coefficient (Wildman–Crippen LogP) is 2.80. The number of carbonyl (C=O) groups is 2. The molecule has 1 amide bonds. The molecule has 9 heteroatoms. The van der Waals surface area contributed by atoms with E-state index in [0.29, 0.717) is 30.8 Å². The quantitative estimate of drug-likeness (QED) is 0.694. The average molecular weight is 418 g/mol. The Labute approximate surface area is 169 Å². The van der Waals surface area contributed by atoms with E-state index < -0.39 is 16.0 Å². The van der Waals surface area contributed by atoms with Gasteiger partial charge in [0, 0.05) is 18.7 Å². The number of benzene rings is 2. The Morgan fingerprint density at radius 2 is 2.00 bits per heavy atom. The van der Waals surface area contributed by atoms with Crippen LogP contribution in [-0.2, 0) is 19.6 Å². The first-order valence-electron chi connectivity index (χ1n) is 9.14. The summed E-state index contributed by atoms with van der Waals surface area (Å²) in [6.07, 6.45) is 1.12. The number of anilines is 2. The van der Waals surface area contributed by atoms with E-state index in [1.54, 1.807) is 19.1 Å². The van der Waals surface area contributed by atoms with Crippen molar-refractivity contribution in [1.82, 2.24) is 0 Å². The highest BCUT2D eigenvalue weighted by molar-refractivity contribution is 7.92. The Morgan fingerprint density at radius 1 is 1.21 bits per heavy atom. The van der Waals surface area contributed by atoms with E-state index in [9.17, 15) is 18.0 Å². The first-order valence-corrected chi connectivity index (χ1v) is 10.6. The third-order valence-electron chi connectivity index (χ3n) is 4.45. The lowest BCUT2D eigenvalue weighted by Crippen LogP contribution is -2.25. The molecule has 0 radical (unpaired) electrons. The van der Waals surface area contributed by atoms with E-state index in [0.717, 1.165) is 0 Å². The van der Waals surface area contributed by atoms with Gasteiger partial charge in [0.1, 0.15) is 5.75 Å². The Hall–Kier alpha value is -3.07. The van der Waals surface area contributed by atoms with Crippen molar-refractivity contribution in [1.29, 1.82) is 0 Å². The van der Waals surface area contributed by atoms with Crippen LogP contribution in [0.25, 0.3) is 0 Å². The van der Waals surface area contributed by atoms with Gasteiger partial charge in [-0.3, -0.25) is 9.52 Å². The molecule has 8 nitrogen and oxygen atoms in total. The number of hydrogen-bond donors (Lipinski definition) is 1. The van der Waals surface area contributed by atoms with Crippen LogP contribution in [0.2, 0.25) is 0 Å². The van der Waals surface area contributed by atoms with Crippen LogP contribution in [0.15, 0.2) is 47.4 Å². The second kappa shape index (κ2) is 8.52. The van der Waals surface area contributed by atoms with E-state index in [2.05, 4.69) is 4.72 Å². The van der Waals surface area contributed by atoms with Crippen molar-refractivity contribution >= 4 is 33.3 Å². The molecule has 0 atom stereocenters. The zero-order valence-corrected chi connectivity index (χ0v) is 17.0. The summed E-state index contributed by atoms with van der Waals surface area (Å²) in [4.78, 5) is 25.5. The minimum Gasteiger partial charge on any atom is -0.495 e. The molecule has 1 aliphatic heterocycles. The van der Waals surface area contributed by atoms with Crippen molar-refractivity contribution in [2.75, 3.05) is 29.9 Å². The third-order valence-corrected chi connectivity index (χ3v) is 5.83. The smallest absolute Gasteiger partial charge is 0.338 e. The number of methoxy groups -OCH3 is 1.